The van der Waals surface area contributed by atoms with Crippen molar-refractivity contribution in [1.29, 1.82) is 5.26 Å². The molecule has 0 aliphatic carbocycles. The van der Waals surface area contributed by atoms with E-state index in [1.165, 1.54) is 8.66 Å². The predicted octanol–water partition coefficient (Wildman–Crippen LogP) is 2.53. The Bertz CT molecular complexity index is 422. The maximum absolute atomic E-state index is 9.11. The lowest BCUT2D eigenvalue weighted by atomic mass is 9.87. The van der Waals surface area contributed by atoms with E-state index >= 15 is 0 Å². The summed E-state index contributed by atoms with van der Waals surface area (Å²) in [4.78, 5) is 3.60. The Morgan fingerprint density at radius 1 is 1.59 bits per heavy atom. The van der Waals surface area contributed by atoms with Crippen LogP contribution in [0.4, 0.5) is 0 Å². The molecule has 0 radical (unpaired) electrons. The normalized spacial score (nSPS) is 17.8. The highest BCUT2D eigenvalue weighted by Crippen LogP contribution is 2.27. The molecule has 5 heteroatoms. The van der Waals surface area contributed by atoms with E-state index in [2.05, 4.69) is 46.1 Å². The van der Waals surface area contributed by atoms with Gasteiger partial charge in [0, 0.05) is 18.0 Å². The van der Waals surface area contributed by atoms with Crippen molar-refractivity contribution in [2.45, 2.75) is 6.42 Å². The lowest BCUT2D eigenvalue weighted by molar-refractivity contribution is -0.0886. The summed E-state index contributed by atoms with van der Waals surface area (Å²) in [6.45, 7) is 2.95. The summed E-state index contributed by atoms with van der Waals surface area (Å²) in [7, 11) is 2.07. The summed E-state index contributed by atoms with van der Waals surface area (Å²) in [6.07, 6.45) is 1.04. The molecule has 0 unspecified atom stereocenters. The number of nitrogens with zero attached hydrogens (tertiary/aromatic N) is 2. The minimum Gasteiger partial charge on any atom is -0.378 e. The highest BCUT2D eigenvalue weighted by molar-refractivity contribution is 9.11. The van der Waals surface area contributed by atoms with Gasteiger partial charge in [0.2, 0.25) is 0 Å². The molecule has 0 spiro atoms. The molecule has 1 saturated heterocycles. The Kier molecular flexibility index (Phi) is 4.21. The van der Waals surface area contributed by atoms with Crippen molar-refractivity contribution in [3.8, 4) is 6.07 Å². The molecule has 0 aromatic carbocycles. The highest BCUT2D eigenvalue weighted by Gasteiger charge is 2.39. The molecule has 1 aliphatic rings. The van der Waals surface area contributed by atoms with Crippen molar-refractivity contribution in [2.75, 3.05) is 33.4 Å². The van der Waals surface area contributed by atoms with Crippen LogP contribution in [0.15, 0.2) is 15.9 Å². The van der Waals surface area contributed by atoms with E-state index in [4.69, 9.17) is 10.00 Å². The average Bonchev–Trinajstić information content (AvgIpc) is 2.67. The zero-order valence-electron chi connectivity index (χ0n) is 9.78. The molecule has 3 nitrogen and oxygen atoms in total. The zero-order chi connectivity index (χ0) is 12.3. The molecule has 2 heterocycles. The van der Waals surface area contributed by atoms with Gasteiger partial charge in [0.15, 0.2) is 0 Å². The Morgan fingerprint density at radius 3 is 2.82 bits per heavy atom. The number of nitriles is 1. The Hall–Kier alpha value is -0.410. The van der Waals surface area contributed by atoms with Gasteiger partial charge in [0.25, 0.3) is 0 Å². The second-order valence-corrected chi connectivity index (χ2v) is 7.13. The van der Waals surface area contributed by atoms with Gasteiger partial charge in [-0.3, -0.25) is 0 Å². The number of hydrogen-bond donors (Lipinski definition) is 0. The molecule has 1 fully saturated rings. The van der Waals surface area contributed by atoms with E-state index < -0.39 is 0 Å². The predicted molar refractivity (Wildman–Crippen MR) is 72.1 cm³/mol. The first-order valence-electron chi connectivity index (χ1n) is 5.55. The van der Waals surface area contributed by atoms with Crippen LogP contribution in [0, 0.1) is 16.7 Å². The van der Waals surface area contributed by atoms with Gasteiger partial charge in [-0.15, -0.1) is 11.3 Å². The smallest absolute Gasteiger partial charge is 0.116 e. The van der Waals surface area contributed by atoms with Gasteiger partial charge >= 0.3 is 0 Å². The molecule has 0 saturated carbocycles. The molecular weight excluding hydrogens is 300 g/mol. The van der Waals surface area contributed by atoms with Crippen LogP contribution in [0.5, 0.6) is 0 Å². The zero-order valence-corrected chi connectivity index (χ0v) is 12.2. The van der Waals surface area contributed by atoms with Crippen LogP contribution in [-0.2, 0) is 11.2 Å². The van der Waals surface area contributed by atoms with Crippen molar-refractivity contribution in [2.24, 2.45) is 5.41 Å². The monoisotopic (exact) mass is 314 g/mol. The van der Waals surface area contributed by atoms with Crippen LogP contribution in [0.3, 0.4) is 0 Å². The number of hydrogen-bond acceptors (Lipinski definition) is 4. The quantitative estimate of drug-likeness (QED) is 0.838. The van der Waals surface area contributed by atoms with Gasteiger partial charge in [-0.1, -0.05) is 0 Å². The van der Waals surface area contributed by atoms with E-state index in [1.54, 1.807) is 11.3 Å². The first-order chi connectivity index (χ1) is 8.13. The molecule has 1 aromatic heterocycles. The fourth-order valence-electron chi connectivity index (χ4n) is 1.92. The van der Waals surface area contributed by atoms with Crippen molar-refractivity contribution in [3.05, 3.63) is 20.8 Å². The van der Waals surface area contributed by atoms with Crippen molar-refractivity contribution in [1.82, 2.24) is 4.90 Å². The number of ether oxygens (including phenoxy) is 1. The van der Waals surface area contributed by atoms with Crippen molar-refractivity contribution in [3.63, 3.8) is 0 Å². The molecule has 1 aliphatic heterocycles. The maximum atomic E-state index is 9.11. The average molecular weight is 315 g/mol. The van der Waals surface area contributed by atoms with Crippen LogP contribution >= 0.6 is 27.3 Å². The second kappa shape index (κ2) is 5.49. The number of likely N-dealkylation sites (N-methyl/N-ethyl adjacent to an activating group) is 1. The molecular formula is C12H15BrN2OS. The van der Waals surface area contributed by atoms with E-state index in [0.29, 0.717) is 13.2 Å². The summed E-state index contributed by atoms with van der Waals surface area (Å²) < 4.78 is 6.32. The summed E-state index contributed by atoms with van der Waals surface area (Å²) in [5.41, 5.74) is -0.259. The van der Waals surface area contributed by atoms with Gasteiger partial charge in [0.1, 0.15) is 5.41 Å². The Balaban J connectivity index is 1.78. The second-order valence-electron chi connectivity index (χ2n) is 4.58. The third-order valence-corrected chi connectivity index (χ3v) is 4.62. The van der Waals surface area contributed by atoms with Gasteiger partial charge in [-0.2, -0.15) is 5.26 Å². The number of thiophene rings is 1. The largest absolute Gasteiger partial charge is 0.378 e. The first kappa shape index (κ1) is 13.0. The Morgan fingerprint density at radius 2 is 2.35 bits per heavy atom. The van der Waals surface area contributed by atoms with E-state index in [1.807, 2.05) is 0 Å². The SMILES string of the molecule is CN(CCc1ccc(Br)s1)CC1(C#N)COC1. The standard InChI is InChI=1S/C12H15BrN2OS/c1-15(7-12(6-14)8-16-9-12)5-4-10-2-3-11(13)17-10/h2-3H,4-5,7-9H2,1H3. The van der Waals surface area contributed by atoms with Gasteiger partial charge < -0.3 is 9.64 Å². The van der Waals surface area contributed by atoms with Crippen LogP contribution in [0.2, 0.25) is 0 Å². The lowest BCUT2D eigenvalue weighted by Crippen LogP contribution is -2.49. The van der Waals surface area contributed by atoms with Crippen molar-refractivity contribution >= 4 is 27.3 Å². The van der Waals surface area contributed by atoms with E-state index in [9.17, 15) is 0 Å². The van der Waals surface area contributed by atoms with E-state index in [-0.39, 0.29) is 5.41 Å². The lowest BCUT2D eigenvalue weighted by Gasteiger charge is -2.37. The molecule has 0 bridgehead atoms. The van der Waals surface area contributed by atoms with E-state index in [0.717, 1.165) is 19.5 Å². The summed E-state index contributed by atoms with van der Waals surface area (Å²) in [6, 6.07) is 6.60. The third-order valence-electron chi connectivity index (χ3n) is 2.94. The first-order valence-corrected chi connectivity index (χ1v) is 7.16. The molecule has 17 heavy (non-hydrogen) atoms. The molecule has 92 valence electrons. The summed E-state index contributed by atoms with van der Waals surface area (Å²) in [5, 5.41) is 9.11. The van der Waals surface area contributed by atoms with Crippen molar-refractivity contribution < 1.29 is 4.74 Å². The Labute approximate surface area is 114 Å². The maximum Gasteiger partial charge on any atom is 0.116 e. The molecule has 0 atom stereocenters. The van der Waals surface area contributed by atoms with Gasteiger partial charge in [0.05, 0.1) is 23.1 Å². The summed E-state index contributed by atoms with van der Waals surface area (Å²) in [5.74, 6) is 0. The van der Waals surface area contributed by atoms with Crippen LogP contribution in [0.1, 0.15) is 4.88 Å². The van der Waals surface area contributed by atoms with Crippen LogP contribution < -0.4 is 0 Å². The van der Waals surface area contributed by atoms with Gasteiger partial charge in [-0.25, -0.2) is 0 Å². The topological polar surface area (TPSA) is 36.3 Å². The fraction of sp³-hybridized carbons (Fsp3) is 0.583. The van der Waals surface area contributed by atoms with Crippen LogP contribution in [-0.4, -0.2) is 38.3 Å². The molecule has 0 amide bonds. The molecule has 1 aromatic rings. The highest BCUT2D eigenvalue weighted by atomic mass is 79.9. The number of halogens is 1. The third kappa shape index (κ3) is 3.29. The molecule has 0 N–H and O–H groups in total. The minimum atomic E-state index is -0.259. The fourth-order valence-corrected chi connectivity index (χ4v) is 3.39. The molecule has 2 rings (SSSR count). The minimum absolute atomic E-state index is 0.259. The van der Waals surface area contributed by atoms with Crippen LogP contribution in [0.25, 0.3) is 0 Å². The summed E-state index contributed by atoms with van der Waals surface area (Å²) >= 11 is 5.24. The number of rotatable bonds is 5. The van der Waals surface area contributed by atoms with Gasteiger partial charge in [-0.05, 0) is 41.5 Å².